The lowest BCUT2D eigenvalue weighted by Crippen LogP contribution is -2.35. The first-order valence-electron chi connectivity index (χ1n) is 5.34. The van der Waals surface area contributed by atoms with E-state index in [-0.39, 0.29) is 19.0 Å². The van der Waals surface area contributed by atoms with Gasteiger partial charge in [0.2, 0.25) is 5.91 Å². The third-order valence-corrected chi connectivity index (χ3v) is 2.30. The fourth-order valence-corrected chi connectivity index (χ4v) is 1.42. The van der Waals surface area contributed by atoms with E-state index in [0.29, 0.717) is 5.92 Å². The highest BCUT2D eigenvalue weighted by Gasteiger charge is 2.21. The molecule has 0 unspecified atom stereocenters. The normalized spacial score (nSPS) is 9.39. The number of anilines is 1. The van der Waals surface area contributed by atoms with Crippen LogP contribution in [-0.2, 0) is 4.79 Å². The van der Waals surface area contributed by atoms with Crippen molar-refractivity contribution >= 4 is 11.6 Å². The fourth-order valence-electron chi connectivity index (χ4n) is 1.42. The van der Waals surface area contributed by atoms with Gasteiger partial charge in [0.05, 0.1) is 12.5 Å². The first kappa shape index (κ1) is 13.6. The molecule has 1 aromatic carbocycles. The summed E-state index contributed by atoms with van der Waals surface area (Å²) in [7, 11) is 0. The maximum atomic E-state index is 12.1. The second-order valence-electron chi connectivity index (χ2n) is 3.60. The summed E-state index contributed by atoms with van der Waals surface area (Å²) in [6, 6.07) is 9.12. The van der Waals surface area contributed by atoms with Crippen molar-refractivity contribution in [1.29, 1.82) is 0 Å². The summed E-state index contributed by atoms with van der Waals surface area (Å²) in [5.41, 5.74) is 8.97. The number of hydrogen-bond donors (Lipinski definition) is 0. The Labute approximate surface area is 106 Å². The van der Waals surface area contributed by atoms with Crippen LogP contribution in [0.5, 0.6) is 0 Å². The van der Waals surface area contributed by atoms with Crippen molar-refractivity contribution in [3.8, 4) is 12.3 Å². The molecule has 0 atom stereocenters. The fraction of sp³-hybridized carbons (Fsp3) is 0.231. The van der Waals surface area contributed by atoms with Gasteiger partial charge in [-0.3, -0.25) is 4.79 Å². The maximum Gasteiger partial charge on any atom is 0.234 e. The zero-order valence-corrected chi connectivity index (χ0v) is 10.1. The molecular formula is C13H13N4O. The minimum absolute atomic E-state index is 0.0449. The second kappa shape index (κ2) is 7.00. The molecule has 0 spiro atoms. The summed E-state index contributed by atoms with van der Waals surface area (Å²) in [4.78, 5) is 16.3. The van der Waals surface area contributed by atoms with Gasteiger partial charge in [0.1, 0.15) is 0 Å². The molecule has 5 nitrogen and oxygen atoms in total. The van der Waals surface area contributed by atoms with Crippen molar-refractivity contribution in [1.82, 2.24) is 0 Å². The zero-order valence-electron chi connectivity index (χ0n) is 10.1. The van der Waals surface area contributed by atoms with E-state index in [2.05, 4.69) is 15.9 Å². The van der Waals surface area contributed by atoms with E-state index in [1.54, 1.807) is 19.1 Å². The van der Waals surface area contributed by atoms with E-state index >= 15 is 0 Å². The SMILES string of the molecule is C#CCN(C(=O)[C](C)CN=[N+]=[N-])c1ccccc1. The Morgan fingerprint density at radius 3 is 2.72 bits per heavy atom. The molecule has 18 heavy (non-hydrogen) atoms. The monoisotopic (exact) mass is 241 g/mol. The third-order valence-electron chi connectivity index (χ3n) is 2.30. The van der Waals surface area contributed by atoms with Crippen LogP contribution < -0.4 is 4.90 Å². The van der Waals surface area contributed by atoms with E-state index in [9.17, 15) is 4.79 Å². The lowest BCUT2D eigenvalue weighted by molar-refractivity contribution is -0.116. The highest BCUT2D eigenvalue weighted by atomic mass is 16.2. The quantitative estimate of drug-likeness (QED) is 0.338. The average molecular weight is 241 g/mol. The average Bonchev–Trinajstić information content (AvgIpc) is 2.42. The number of carbonyl (C=O) groups excluding carboxylic acids is 1. The Morgan fingerprint density at radius 2 is 2.17 bits per heavy atom. The van der Waals surface area contributed by atoms with Crippen molar-refractivity contribution in [2.75, 3.05) is 18.0 Å². The molecule has 1 rings (SSSR count). The number of amides is 1. The van der Waals surface area contributed by atoms with Gasteiger partial charge >= 0.3 is 0 Å². The number of terminal acetylenes is 1. The zero-order chi connectivity index (χ0) is 13.4. The van der Waals surface area contributed by atoms with Crippen molar-refractivity contribution in [3.63, 3.8) is 0 Å². The van der Waals surface area contributed by atoms with Crippen LogP contribution in [0.4, 0.5) is 5.69 Å². The minimum Gasteiger partial charge on any atom is -0.300 e. The first-order valence-corrected chi connectivity index (χ1v) is 5.34. The molecule has 1 amide bonds. The van der Waals surface area contributed by atoms with E-state index < -0.39 is 0 Å². The first-order chi connectivity index (χ1) is 8.70. The second-order valence-corrected chi connectivity index (χ2v) is 3.60. The largest absolute Gasteiger partial charge is 0.300 e. The van der Waals surface area contributed by atoms with Crippen molar-refractivity contribution in [3.05, 3.63) is 46.7 Å². The number of hydrogen-bond acceptors (Lipinski definition) is 2. The number of carbonyl (C=O) groups is 1. The number of benzene rings is 1. The smallest absolute Gasteiger partial charge is 0.234 e. The molecule has 0 heterocycles. The summed E-state index contributed by atoms with van der Waals surface area (Å²) in [5.74, 6) is 2.67. The maximum absolute atomic E-state index is 12.1. The summed E-state index contributed by atoms with van der Waals surface area (Å²) in [6.07, 6.45) is 5.27. The van der Waals surface area contributed by atoms with Gasteiger partial charge in [-0.15, -0.1) is 6.42 Å². The Balaban J connectivity index is 2.89. The minimum atomic E-state index is -0.230. The molecule has 0 fully saturated rings. The van der Waals surface area contributed by atoms with Crippen LogP contribution in [0, 0.1) is 18.3 Å². The van der Waals surface area contributed by atoms with Crippen LogP contribution in [0.2, 0.25) is 0 Å². The summed E-state index contributed by atoms with van der Waals surface area (Å²) >= 11 is 0. The summed E-state index contributed by atoms with van der Waals surface area (Å²) in [6.45, 7) is 1.85. The van der Waals surface area contributed by atoms with Crippen LogP contribution in [-0.4, -0.2) is 19.0 Å². The topological polar surface area (TPSA) is 69.1 Å². The van der Waals surface area contributed by atoms with Gasteiger partial charge in [0.15, 0.2) is 0 Å². The molecule has 1 radical (unpaired) electrons. The molecule has 0 aliphatic rings. The predicted molar refractivity (Wildman–Crippen MR) is 70.6 cm³/mol. The molecule has 0 bridgehead atoms. The third kappa shape index (κ3) is 3.55. The van der Waals surface area contributed by atoms with Gasteiger partial charge in [0, 0.05) is 17.1 Å². The Kier molecular flexibility index (Phi) is 5.30. The number of para-hydroxylation sites is 1. The number of nitrogens with zero attached hydrogens (tertiary/aromatic N) is 4. The molecule has 0 aromatic heterocycles. The number of azide groups is 1. The molecule has 0 aliphatic heterocycles. The summed E-state index contributed by atoms with van der Waals surface area (Å²) in [5, 5.41) is 3.37. The molecule has 0 saturated carbocycles. The van der Waals surface area contributed by atoms with Crippen LogP contribution in [0.15, 0.2) is 35.4 Å². The van der Waals surface area contributed by atoms with Crippen LogP contribution in [0.1, 0.15) is 6.92 Å². The molecule has 0 aliphatic carbocycles. The molecule has 1 aromatic rings. The van der Waals surface area contributed by atoms with Gasteiger partial charge in [-0.2, -0.15) is 0 Å². The Hall–Kier alpha value is -2.44. The lowest BCUT2D eigenvalue weighted by Gasteiger charge is -2.22. The van der Waals surface area contributed by atoms with Crippen LogP contribution in [0.25, 0.3) is 10.4 Å². The van der Waals surface area contributed by atoms with Gasteiger partial charge in [-0.05, 0) is 24.6 Å². The van der Waals surface area contributed by atoms with Crippen LogP contribution >= 0.6 is 0 Å². The van der Waals surface area contributed by atoms with Crippen LogP contribution in [0.3, 0.4) is 0 Å². The Morgan fingerprint density at radius 1 is 1.50 bits per heavy atom. The van der Waals surface area contributed by atoms with E-state index in [1.165, 1.54) is 4.90 Å². The van der Waals surface area contributed by atoms with E-state index in [1.807, 2.05) is 18.2 Å². The Bertz CT molecular complexity index is 485. The lowest BCUT2D eigenvalue weighted by atomic mass is 10.1. The van der Waals surface area contributed by atoms with Gasteiger partial charge < -0.3 is 4.90 Å². The predicted octanol–water partition coefficient (Wildman–Crippen LogP) is 2.56. The number of rotatable bonds is 5. The van der Waals surface area contributed by atoms with Gasteiger partial charge in [-0.25, -0.2) is 0 Å². The molecule has 91 valence electrons. The van der Waals surface area contributed by atoms with E-state index in [0.717, 1.165) is 5.69 Å². The molecule has 5 heteroatoms. The molecule has 0 N–H and O–H groups in total. The molecular weight excluding hydrogens is 228 g/mol. The van der Waals surface area contributed by atoms with E-state index in [4.69, 9.17) is 12.0 Å². The summed E-state index contributed by atoms with van der Waals surface area (Å²) < 4.78 is 0. The standard InChI is InChI=1S/C13H13N4O/c1-3-9-17(12-7-5-4-6-8-12)13(18)11(2)10-15-16-14/h1,4-8H,9-10H2,2H3. The van der Waals surface area contributed by atoms with Gasteiger partial charge in [0.25, 0.3) is 0 Å². The van der Waals surface area contributed by atoms with Crippen molar-refractivity contribution in [2.24, 2.45) is 5.11 Å². The van der Waals surface area contributed by atoms with Crippen molar-refractivity contribution < 1.29 is 4.79 Å². The highest BCUT2D eigenvalue weighted by molar-refractivity contribution is 6.03. The molecule has 0 saturated heterocycles. The van der Waals surface area contributed by atoms with Gasteiger partial charge in [-0.1, -0.05) is 29.2 Å². The highest BCUT2D eigenvalue weighted by Crippen LogP contribution is 2.16. The van der Waals surface area contributed by atoms with Crippen molar-refractivity contribution in [2.45, 2.75) is 6.92 Å².